The summed E-state index contributed by atoms with van der Waals surface area (Å²) in [6.45, 7) is 20.4. The number of ether oxygens (including phenoxy) is 1. The Balaban J connectivity index is 0.000000248. The molecule has 0 aliphatic rings. The fraction of sp³-hybridized carbons (Fsp3) is 0.400. The molecule has 16 nitrogen and oxygen atoms in total. The van der Waals surface area contributed by atoms with E-state index in [1.807, 2.05) is 39.8 Å². The van der Waals surface area contributed by atoms with Crippen molar-refractivity contribution in [2.45, 2.75) is 93.3 Å². The number of aromatic nitrogens is 8. The number of ketones is 2. The molecule has 6 rings (SSSR count). The van der Waals surface area contributed by atoms with Crippen LogP contribution in [0.3, 0.4) is 0 Å². The van der Waals surface area contributed by atoms with Gasteiger partial charge in [-0.25, -0.2) is 29.9 Å². The van der Waals surface area contributed by atoms with E-state index in [9.17, 15) is 24.0 Å². The molecule has 0 radical (unpaired) electrons. The number of hydrogen-bond acceptors (Lipinski definition) is 13. The summed E-state index contributed by atoms with van der Waals surface area (Å²) in [5, 5.41) is 6.77. The number of nitrogens with one attached hydrogen (secondary N) is 2. The number of imidazole rings is 2. The summed E-state index contributed by atoms with van der Waals surface area (Å²) >= 11 is 13.7. The first-order valence-corrected chi connectivity index (χ1v) is 22.0. The summed E-state index contributed by atoms with van der Waals surface area (Å²) in [7, 11) is 0. The Hall–Kier alpha value is -5.78. The highest BCUT2D eigenvalue weighted by Crippen LogP contribution is 2.33. The maximum Gasteiger partial charge on any atom is 0.316 e. The number of Topliss-reactive ketones (excluding diaryl/α,β-unsaturated/α-hetero) is 2. The summed E-state index contributed by atoms with van der Waals surface area (Å²) < 4.78 is 8.15. The minimum atomic E-state index is -1.25. The number of amides is 2. The number of anilines is 2. The van der Waals surface area contributed by atoms with Gasteiger partial charge in [-0.05, 0) is 62.1 Å². The maximum absolute atomic E-state index is 13.5. The lowest BCUT2D eigenvalue weighted by Gasteiger charge is -2.25. The largest absolute Gasteiger partial charge is 0.465 e. The second-order valence-corrected chi connectivity index (χ2v) is 19.4. The normalized spacial score (nSPS) is 12.7. The van der Waals surface area contributed by atoms with E-state index in [4.69, 9.17) is 27.9 Å². The van der Waals surface area contributed by atoms with Gasteiger partial charge in [-0.1, -0.05) is 102 Å². The number of benzene rings is 2. The number of fused-ring (bicyclic) bond motifs is 2. The lowest BCUT2D eigenvalue weighted by Crippen LogP contribution is -2.38. The molecule has 2 aromatic carbocycles. The second-order valence-electron chi connectivity index (χ2n) is 17.6. The van der Waals surface area contributed by atoms with Crippen LogP contribution in [0.25, 0.3) is 22.3 Å². The first kappa shape index (κ1) is 49.2. The smallest absolute Gasteiger partial charge is 0.316 e. The Labute approximate surface area is 385 Å². The molecule has 0 spiro atoms. The van der Waals surface area contributed by atoms with Gasteiger partial charge in [0.05, 0.1) is 52.1 Å². The molecule has 0 aliphatic carbocycles. The van der Waals surface area contributed by atoms with Gasteiger partial charge in [0, 0.05) is 10.8 Å². The molecule has 4 aromatic heterocycles. The minimum Gasteiger partial charge on any atom is -0.465 e. The van der Waals surface area contributed by atoms with Gasteiger partial charge in [0.15, 0.2) is 34.9 Å². The highest BCUT2D eigenvalue weighted by Gasteiger charge is 2.39. The van der Waals surface area contributed by atoms with Crippen LogP contribution in [-0.4, -0.2) is 80.7 Å². The van der Waals surface area contributed by atoms with E-state index in [-0.39, 0.29) is 29.2 Å². The Kier molecular flexibility index (Phi) is 15.7. The lowest BCUT2D eigenvalue weighted by molar-refractivity contribution is -0.141. The van der Waals surface area contributed by atoms with Gasteiger partial charge in [0.2, 0.25) is 0 Å². The third-order valence-electron chi connectivity index (χ3n) is 9.56. The highest BCUT2D eigenvalue weighted by molar-refractivity contribution is 8.00. The molecule has 2 unspecified atom stereocenters. The number of rotatable bonds is 13. The topological polar surface area (TPSA) is 206 Å². The lowest BCUT2D eigenvalue weighted by atomic mass is 9.86. The zero-order valence-corrected chi connectivity index (χ0v) is 39.9. The number of carbonyl (C=O) groups is 5. The number of carbonyl (C=O) groups excluding carboxylic acids is 5. The number of aryl methyl sites for hydroxylation is 3. The van der Waals surface area contributed by atoms with Crippen molar-refractivity contribution in [3.8, 4) is 0 Å². The van der Waals surface area contributed by atoms with Crippen LogP contribution in [0.2, 0.25) is 10.0 Å². The molecule has 338 valence electrons. The molecule has 2 amide bonds. The van der Waals surface area contributed by atoms with Gasteiger partial charge in [0.1, 0.15) is 28.7 Å². The minimum absolute atomic E-state index is 0.0441. The van der Waals surface area contributed by atoms with Crippen molar-refractivity contribution in [1.82, 2.24) is 39.0 Å². The molecule has 2 N–H and O–H groups in total. The SMILES string of the molecule is Cc1ccc(Cl)c(NC(=O)C(C(=O)C(C)(C)C)n2cnc3c(C)ncnc32)c1.Cc1ccc(NC(=O)C(C(=O)C(C)(C)C)n2cnc3c(SCC(=O)OCC(C)C)ncnc32)c(Cl)c1. The van der Waals surface area contributed by atoms with Crippen LogP contribution >= 0.6 is 35.0 Å². The first-order valence-electron chi connectivity index (χ1n) is 20.3. The fourth-order valence-corrected chi connectivity index (χ4v) is 7.32. The predicted octanol–water partition coefficient (Wildman–Crippen LogP) is 8.77. The van der Waals surface area contributed by atoms with E-state index in [1.165, 1.54) is 34.4 Å². The van der Waals surface area contributed by atoms with E-state index in [2.05, 4.69) is 40.5 Å². The van der Waals surface area contributed by atoms with Crippen molar-refractivity contribution in [1.29, 1.82) is 0 Å². The van der Waals surface area contributed by atoms with Crippen molar-refractivity contribution < 1.29 is 28.7 Å². The first-order chi connectivity index (χ1) is 30.0. The Morgan fingerprint density at radius 3 is 1.75 bits per heavy atom. The van der Waals surface area contributed by atoms with Crippen LogP contribution < -0.4 is 10.6 Å². The summed E-state index contributed by atoms with van der Waals surface area (Å²) in [6.07, 6.45) is 5.56. The van der Waals surface area contributed by atoms with E-state index in [0.29, 0.717) is 61.1 Å². The van der Waals surface area contributed by atoms with Crippen molar-refractivity contribution in [2.75, 3.05) is 23.0 Å². The summed E-state index contributed by atoms with van der Waals surface area (Å²) in [5.74, 6) is -1.73. The molecule has 2 atom stereocenters. The van der Waals surface area contributed by atoms with Gasteiger partial charge in [-0.15, -0.1) is 0 Å². The van der Waals surface area contributed by atoms with Gasteiger partial charge in [-0.3, -0.25) is 33.1 Å². The van der Waals surface area contributed by atoms with Crippen molar-refractivity contribution in [3.63, 3.8) is 0 Å². The monoisotopic (exact) mass is 930 g/mol. The summed E-state index contributed by atoms with van der Waals surface area (Å²) in [6, 6.07) is 8.15. The Morgan fingerprint density at radius 2 is 1.19 bits per heavy atom. The highest BCUT2D eigenvalue weighted by atomic mass is 35.5. The third-order valence-corrected chi connectivity index (χ3v) is 11.2. The van der Waals surface area contributed by atoms with Crippen molar-refractivity contribution >= 4 is 98.0 Å². The van der Waals surface area contributed by atoms with Crippen LogP contribution in [0, 0.1) is 37.5 Å². The molecule has 0 fully saturated rings. The second kappa shape index (κ2) is 20.4. The quantitative estimate of drug-likeness (QED) is 0.0481. The van der Waals surface area contributed by atoms with Gasteiger partial charge >= 0.3 is 5.97 Å². The summed E-state index contributed by atoms with van der Waals surface area (Å²) in [5.41, 5.74) is 3.48. The Bertz CT molecular complexity index is 2720. The van der Waals surface area contributed by atoms with E-state index >= 15 is 0 Å². The molecular weight excluding hydrogens is 880 g/mol. The number of thioether (sulfide) groups is 1. The molecule has 0 bridgehead atoms. The number of esters is 1. The van der Waals surface area contributed by atoms with Crippen LogP contribution in [0.4, 0.5) is 11.4 Å². The molecule has 0 saturated heterocycles. The molecule has 64 heavy (non-hydrogen) atoms. The molecule has 19 heteroatoms. The fourth-order valence-electron chi connectivity index (χ4n) is 6.13. The number of hydrogen-bond donors (Lipinski definition) is 2. The maximum atomic E-state index is 13.5. The zero-order chi connectivity index (χ0) is 47.3. The molecule has 6 aromatic rings. The average Bonchev–Trinajstić information content (AvgIpc) is 3.84. The molecular formula is C45H52Cl2N10O6S. The summed E-state index contributed by atoms with van der Waals surface area (Å²) in [4.78, 5) is 90.9. The van der Waals surface area contributed by atoms with Crippen molar-refractivity contribution in [3.05, 3.63) is 88.6 Å². The van der Waals surface area contributed by atoms with Crippen LogP contribution in [0.1, 0.15) is 84.3 Å². The van der Waals surface area contributed by atoms with Gasteiger partial charge in [0.25, 0.3) is 11.8 Å². The third kappa shape index (κ3) is 11.9. The van der Waals surface area contributed by atoms with Crippen LogP contribution in [0.5, 0.6) is 0 Å². The van der Waals surface area contributed by atoms with Crippen LogP contribution in [-0.2, 0) is 28.7 Å². The molecule has 4 heterocycles. The molecule has 0 saturated carbocycles. The zero-order valence-electron chi connectivity index (χ0n) is 37.6. The van der Waals surface area contributed by atoms with Gasteiger partial charge in [-0.2, -0.15) is 0 Å². The van der Waals surface area contributed by atoms with Crippen molar-refractivity contribution in [2.24, 2.45) is 16.7 Å². The van der Waals surface area contributed by atoms with E-state index < -0.39 is 34.7 Å². The van der Waals surface area contributed by atoms with E-state index in [1.54, 1.807) is 72.7 Å². The predicted molar refractivity (Wildman–Crippen MR) is 249 cm³/mol. The standard InChI is InChI=1S/C25H30ClN5O4S.C20H22ClN5O2/c1-14(2)10-35-18(32)11-36-24-19-22(27-12-28-24)31(13-29-19)20(21(33)25(4,5)6)23(34)30-17-8-7-15(3)9-16(17)26;1-11-6-7-13(21)14(8-11)25-19(28)16(17(27)20(3,4)5)26-10-24-15-12(2)22-9-23-18(15)26/h7-9,12-14,20H,10-11H2,1-6H3,(H,30,34);6-10,16H,1-5H3,(H,25,28). The van der Waals surface area contributed by atoms with Gasteiger partial charge < -0.3 is 15.4 Å². The number of nitrogens with zero attached hydrogens (tertiary/aromatic N) is 8. The van der Waals surface area contributed by atoms with Crippen LogP contribution in [0.15, 0.2) is 66.7 Å². The van der Waals surface area contributed by atoms with E-state index in [0.717, 1.165) is 22.9 Å². The number of halogens is 2. The average molecular weight is 932 g/mol. The Morgan fingerprint density at radius 1 is 0.672 bits per heavy atom. The molecule has 0 aliphatic heterocycles.